The Morgan fingerprint density at radius 2 is 1.88 bits per heavy atom. The number of nitrogens with one attached hydrogen (secondary N) is 1. The molecule has 2 aromatic rings. The number of nitro benzene ring substituents is 1. The van der Waals surface area contributed by atoms with Crippen LogP contribution in [0.2, 0.25) is 5.02 Å². The summed E-state index contributed by atoms with van der Waals surface area (Å²) in [5, 5.41) is 22.4. The number of hydrogen-bond acceptors (Lipinski definition) is 4. The standard InChI is InChI=1S/C17H14ClN3O3/c1-10-3-11(2)5-12(4-10)6-17(22)20-15-8-14(18)16(21(23)24)7-13(15)9-19/h3-5,7-8H,6H2,1-2H3,(H,20,22). The molecule has 0 bridgehead atoms. The summed E-state index contributed by atoms with van der Waals surface area (Å²) >= 11 is 5.84. The fourth-order valence-electron chi connectivity index (χ4n) is 2.45. The Balaban J connectivity index is 2.24. The van der Waals surface area contributed by atoms with Crippen molar-refractivity contribution in [3.05, 3.63) is 67.7 Å². The van der Waals surface area contributed by atoms with Crippen molar-refractivity contribution in [2.24, 2.45) is 0 Å². The van der Waals surface area contributed by atoms with Crippen molar-refractivity contribution in [3.63, 3.8) is 0 Å². The van der Waals surface area contributed by atoms with Gasteiger partial charge in [-0.25, -0.2) is 0 Å². The van der Waals surface area contributed by atoms with Crippen molar-refractivity contribution in [3.8, 4) is 6.07 Å². The number of nitro groups is 1. The van der Waals surface area contributed by atoms with E-state index in [-0.39, 0.29) is 34.3 Å². The molecule has 6 nitrogen and oxygen atoms in total. The number of rotatable bonds is 4. The van der Waals surface area contributed by atoms with Gasteiger partial charge >= 0.3 is 0 Å². The van der Waals surface area contributed by atoms with Gasteiger partial charge in [-0.05, 0) is 25.5 Å². The van der Waals surface area contributed by atoms with E-state index in [9.17, 15) is 14.9 Å². The largest absolute Gasteiger partial charge is 0.325 e. The summed E-state index contributed by atoms with van der Waals surface area (Å²) < 4.78 is 0. The molecule has 1 amide bonds. The molecule has 0 atom stereocenters. The Bertz CT molecular complexity index is 852. The Morgan fingerprint density at radius 3 is 2.42 bits per heavy atom. The summed E-state index contributed by atoms with van der Waals surface area (Å²) in [5.41, 5.74) is 2.71. The zero-order valence-electron chi connectivity index (χ0n) is 13.1. The summed E-state index contributed by atoms with van der Waals surface area (Å²) in [5.74, 6) is -0.332. The van der Waals surface area contributed by atoms with Crippen LogP contribution in [0.1, 0.15) is 22.3 Å². The summed E-state index contributed by atoms with van der Waals surface area (Å²) in [4.78, 5) is 22.4. The fraction of sp³-hybridized carbons (Fsp3) is 0.176. The Kier molecular flexibility index (Phi) is 5.17. The van der Waals surface area contributed by atoms with Gasteiger partial charge in [0.15, 0.2) is 0 Å². The number of carbonyl (C=O) groups is 1. The highest BCUT2D eigenvalue weighted by Crippen LogP contribution is 2.30. The number of nitriles is 1. The summed E-state index contributed by atoms with van der Waals surface area (Å²) in [7, 11) is 0. The van der Waals surface area contributed by atoms with Gasteiger partial charge in [-0.1, -0.05) is 40.9 Å². The van der Waals surface area contributed by atoms with Crippen LogP contribution in [0.15, 0.2) is 30.3 Å². The maximum absolute atomic E-state index is 12.2. The van der Waals surface area contributed by atoms with Gasteiger partial charge < -0.3 is 5.32 Å². The van der Waals surface area contributed by atoms with Crippen molar-refractivity contribution < 1.29 is 9.72 Å². The molecule has 122 valence electrons. The SMILES string of the molecule is Cc1cc(C)cc(CC(=O)Nc2cc(Cl)c([N+](=O)[O-])cc2C#N)c1. The molecule has 0 heterocycles. The lowest BCUT2D eigenvalue weighted by molar-refractivity contribution is -0.384. The molecule has 2 aromatic carbocycles. The van der Waals surface area contributed by atoms with Crippen LogP contribution in [0.5, 0.6) is 0 Å². The van der Waals surface area contributed by atoms with Gasteiger partial charge in [0.1, 0.15) is 11.1 Å². The van der Waals surface area contributed by atoms with Gasteiger partial charge in [-0.15, -0.1) is 0 Å². The van der Waals surface area contributed by atoms with Crippen LogP contribution in [-0.4, -0.2) is 10.8 Å². The second kappa shape index (κ2) is 7.11. The molecule has 0 aromatic heterocycles. The van der Waals surface area contributed by atoms with Gasteiger partial charge in [0.2, 0.25) is 5.91 Å². The molecule has 1 N–H and O–H groups in total. The molecule has 0 saturated heterocycles. The van der Waals surface area contributed by atoms with Crippen LogP contribution in [-0.2, 0) is 11.2 Å². The highest BCUT2D eigenvalue weighted by Gasteiger charge is 2.18. The Hall–Kier alpha value is -2.91. The van der Waals surface area contributed by atoms with Crippen LogP contribution < -0.4 is 5.32 Å². The monoisotopic (exact) mass is 343 g/mol. The van der Waals surface area contributed by atoms with E-state index >= 15 is 0 Å². The van der Waals surface area contributed by atoms with E-state index in [1.165, 1.54) is 6.07 Å². The first-order valence-corrected chi connectivity index (χ1v) is 7.43. The number of benzene rings is 2. The maximum atomic E-state index is 12.2. The minimum absolute atomic E-state index is 0.0140. The average Bonchev–Trinajstić information content (AvgIpc) is 2.45. The fourth-order valence-corrected chi connectivity index (χ4v) is 2.68. The number of nitrogens with zero attached hydrogens (tertiary/aromatic N) is 2. The Morgan fingerprint density at radius 1 is 1.25 bits per heavy atom. The second-order valence-electron chi connectivity index (χ2n) is 5.44. The number of hydrogen-bond donors (Lipinski definition) is 1. The Labute approximate surface area is 143 Å². The van der Waals surface area contributed by atoms with Gasteiger partial charge in [-0.3, -0.25) is 14.9 Å². The highest BCUT2D eigenvalue weighted by molar-refractivity contribution is 6.33. The smallest absolute Gasteiger partial charge is 0.289 e. The topological polar surface area (TPSA) is 96.0 Å². The summed E-state index contributed by atoms with van der Waals surface area (Å²) in [6.07, 6.45) is 0.127. The van der Waals surface area contributed by atoms with E-state index in [2.05, 4.69) is 5.32 Å². The van der Waals surface area contributed by atoms with Gasteiger partial charge in [-0.2, -0.15) is 5.26 Å². The predicted octanol–water partition coefficient (Wildman–Crippen LogP) is 3.92. The lowest BCUT2D eigenvalue weighted by Gasteiger charge is -2.09. The number of carbonyl (C=O) groups excluding carboxylic acids is 1. The lowest BCUT2D eigenvalue weighted by Crippen LogP contribution is -2.15. The lowest BCUT2D eigenvalue weighted by atomic mass is 10.0. The molecule has 0 unspecified atom stereocenters. The van der Waals surface area contributed by atoms with Crippen LogP contribution in [0.3, 0.4) is 0 Å². The van der Waals surface area contributed by atoms with Crippen molar-refractivity contribution >= 4 is 28.9 Å². The second-order valence-corrected chi connectivity index (χ2v) is 5.85. The molecule has 0 aliphatic rings. The molecular formula is C17H14ClN3O3. The molecule has 7 heteroatoms. The number of amides is 1. The summed E-state index contributed by atoms with van der Waals surface area (Å²) in [6, 6.07) is 9.91. The van der Waals surface area contributed by atoms with Crippen molar-refractivity contribution in [2.45, 2.75) is 20.3 Å². The van der Waals surface area contributed by atoms with E-state index < -0.39 is 4.92 Å². The molecule has 0 saturated carbocycles. The minimum Gasteiger partial charge on any atom is -0.325 e. The van der Waals surface area contributed by atoms with Gasteiger partial charge in [0.25, 0.3) is 5.69 Å². The molecule has 0 aliphatic carbocycles. The van der Waals surface area contributed by atoms with Crippen LogP contribution in [0.4, 0.5) is 11.4 Å². The van der Waals surface area contributed by atoms with Crippen molar-refractivity contribution in [1.29, 1.82) is 5.26 Å². The third kappa shape index (κ3) is 4.09. The number of anilines is 1. The normalized spacial score (nSPS) is 10.1. The molecule has 0 aliphatic heterocycles. The quantitative estimate of drug-likeness (QED) is 0.672. The van der Waals surface area contributed by atoms with Gasteiger partial charge in [0, 0.05) is 6.07 Å². The molecule has 0 fully saturated rings. The third-order valence-electron chi connectivity index (χ3n) is 3.32. The van der Waals surface area contributed by atoms with Crippen LogP contribution in [0.25, 0.3) is 0 Å². The van der Waals surface area contributed by atoms with E-state index in [1.54, 1.807) is 0 Å². The van der Waals surface area contributed by atoms with Crippen LogP contribution in [0, 0.1) is 35.3 Å². The molecule has 0 radical (unpaired) electrons. The van der Waals surface area contributed by atoms with E-state index in [0.29, 0.717) is 0 Å². The number of aryl methyl sites for hydroxylation is 2. The van der Waals surface area contributed by atoms with Crippen molar-refractivity contribution in [1.82, 2.24) is 0 Å². The van der Waals surface area contributed by atoms with Crippen LogP contribution >= 0.6 is 11.6 Å². The summed E-state index contributed by atoms with van der Waals surface area (Å²) in [6.45, 7) is 3.89. The average molecular weight is 344 g/mol. The first kappa shape index (κ1) is 17.4. The number of halogens is 1. The first-order chi connectivity index (χ1) is 11.3. The first-order valence-electron chi connectivity index (χ1n) is 7.05. The minimum atomic E-state index is -0.676. The molecular weight excluding hydrogens is 330 g/mol. The van der Waals surface area contributed by atoms with Crippen molar-refractivity contribution in [2.75, 3.05) is 5.32 Å². The van der Waals surface area contributed by atoms with E-state index in [4.69, 9.17) is 16.9 Å². The zero-order chi connectivity index (χ0) is 17.9. The highest BCUT2D eigenvalue weighted by atomic mass is 35.5. The van der Waals surface area contributed by atoms with E-state index in [0.717, 1.165) is 22.8 Å². The molecule has 0 spiro atoms. The molecule has 24 heavy (non-hydrogen) atoms. The maximum Gasteiger partial charge on any atom is 0.289 e. The van der Waals surface area contributed by atoms with Gasteiger partial charge in [0.05, 0.1) is 22.6 Å². The zero-order valence-corrected chi connectivity index (χ0v) is 13.8. The predicted molar refractivity (Wildman–Crippen MR) is 91.1 cm³/mol. The third-order valence-corrected chi connectivity index (χ3v) is 3.63. The van der Waals surface area contributed by atoms with E-state index in [1.807, 2.05) is 38.1 Å². The molecule has 2 rings (SSSR count).